The maximum absolute atomic E-state index is 12.6. The molecule has 0 saturated carbocycles. The fourth-order valence-corrected chi connectivity index (χ4v) is 6.82. The molecular formula is C35H47N9O3. The lowest BCUT2D eigenvalue weighted by molar-refractivity contribution is -0.111. The number of nitrogens with zero attached hydrogens (tertiary/aromatic N) is 7. The van der Waals surface area contributed by atoms with E-state index < -0.39 is 0 Å². The molecule has 47 heavy (non-hydrogen) atoms. The van der Waals surface area contributed by atoms with Crippen molar-refractivity contribution < 1.29 is 14.4 Å². The third-order valence-electron chi connectivity index (χ3n) is 9.53. The standard InChI is InChI=1S/C35H47N9O3/c1-6-35(45)40-28-19-29(39-33-21-34(38-23-37-33)44-30(11-18-47-44)26-8-7-25(4)36-22-26)32(46-5)20-31(28)43-12-9-27(10-13-43)42-16-14-41(15-17-42)24(2)3/h6-8,19-24,27,30H,1,9-18H2,2-5H3,(H,40,45)(H,37,38,39)/t30-/m1/s1. The Labute approximate surface area is 277 Å². The summed E-state index contributed by atoms with van der Waals surface area (Å²) in [5.74, 6) is 1.57. The number of hydroxylamine groups is 1. The molecule has 12 nitrogen and oxygen atoms in total. The Kier molecular flexibility index (Phi) is 10.2. The van der Waals surface area contributed by atoms with E-state index in [1.165, 1.54) is 12.4 Å². The van der Waals surface area contributed by atoms with Crippen LogP contribution < -0.4 is 25.3 Å². The van der Waals surface area contributed by atoms with Crippen LogP contribution in [0.25, 0.3) is 0 Å². The number of carbonyl (C=O) groups is 1. The van der Waals surface area contributed by atoms with E-state index in [-0.39, 0.29) is 11.9 Å². The summed E-state index contributed by atoms with van der Waals surface area (Å²) in [5.41, 5.74) is 4.32. The van der Waals surface area contributed by atoms with Gasteiger partial charge in [0.1, 0.15) is 17.9 Å². The fraction of sp³-hybridized carbons (Fsp3) is 0.486. The first kappa shape index (κ1) is 32.7. The average Bonchev–Trinajstić information content (AvgIpc) is 3.59. The van der Waals surface area contributed by atoms with Gasteiger partial charge in [-0.2, -0.15) is 0 Å². The van der Waals surface area contributed by atoms with Crippen molar-refractivity contribution in [2.75, 3.05) is 73.6 Å². The van der Waals surface area contributed by atoms with Crippen molar-refractivity contribution in [2.24, 2.45) is 0 Å². The summed E-state index contributed by atoms with van der Waals surface area (Å²) < 4.78 is 5.88. The molecule has 1 amide bonds. The van der Waals surface area contributed by atoms with E-state index in [0.29, 0.717) is 47.5 Å². The number of nitrogens with one attached hydrogen (secondary N) is 2. The first-order chi connectivity index (χ1) is 22.8. The van der Waals surface area contributed by atoms with Crippen molar-refractivity contribution in [1.29, 1.82) is 0 Å². The van der Waals surface area contributed by atoms with Gasteiger partial charge in [0.2, 0.25) is 5.91 Å². The van der Waals surface area contributed by atoms with Crippen LogP contribution in [0.4, 0.5) is 28.7 Å². The van der Waals surface area contributed by atoms with Crippen LogP contribution in [-0.2, 0) is 9.63 Å². The molecule has 1 atom stereocenters. The number of piperidine rings is 1. The van der Waals surface area contributed by atoms with E-state index in [1.807, 2.05) is 42.4 Å². The average molecular weight is 642 g/mol. The molecule has 0 aliphatic carbocycles. The summed E-state index contributed by atoms with van der Waals surface area (Å²) in [6, 6.07) is 11.0. The van der Waals surface area contributed by atoms with Gasteiger partial charge in [0, 0.05) is 81.8 Å². The number of hydrogen-bond acceptors (Lipinski definition) is 11. The van der Waals surface area contributed by atoms with Gasteiger partial charge in [0.25, 0.3) is 0 Å². The first-order valence-electron chi connectivity index (χ1n) is 16.6. The molecule has 6 rings (SSSR count). The Morgan fingerprint density at radius 2 is 1.81 bits per heavy atom. The summed E-state index contributed by atoms with van der Waals surface area (Å²) in [7, 11) is 1.65. The number of benzene rings is 1. The molecule has 12 heteroatoms. The van der Waals surface area contributed by atoms with Crippen LogP contribution in [0.1, 0.15) is 50.4 Å². The van der Waals surface area contributed by atoms with E-state index in [4.69, 9.17) is 9.57 Å². The van der Waals surface area contributed by atoms with Crippen molar-refractivity contribution in [3.63, 3.8) is 0 Å². The number of rotatable bonds is 10. The predicted octanol–water partition coefficient (Wildman–Crippen LogP) is 4.93. The van der Waals surface area contributed by atoms with E-state index in [9.17, 15) is 4.79 Å². The van der Waals surface area contributed by atoms with Crippen molar-refractivity contribution in [2.45, 2.75) is 58.2 Å². The monoisotopic (exact) mass is 641 g/mol. The maximum atomic E-state index is 12.6. The quantitative estimate of drug-likeness (QED) is 0.294. The van der Waals surface area contributed by atoms with Crippen LogP contribution in [0.15, 0.2) is 55.5 Å². The Morgan fingerprint density at radius 3 is 2.49 bits per heavy atom. The minimum atomic E-state index is -0.271. The van der Waals surface area contributed by atoms with Crippen molar-refractivity contribution in [1.82, 2.24) is 24.8 Å². The summed E-state index contributed by atoms with van der Waals surface area (Å²) in [6.45, 7) is 17.1. The number of anilines is 5. The van der Waals surface area contributed by atoms with E-state index in [2.05, 4.69) is 66.8 Å². The number of pyridine rings is 1. The first-order valence-corrected chi connectivity index (χ1v) is 16.6. The second-order valence-electron chi connectivity index (χ2n) is 12.7. The molecule has 5 heterocycles. The fourth-order valence-electron chi connectivity index (χ4n) is 6.82. The molecule has 2 N–H and O–H groups in total. The van der Waals surface area contributed by atoms with Gasteiger partial charge in [-0.3, -0.25) is 24.4 Å². The SMILES string of the molecule is C=CC(=O)Nc1cc(Nc2cc(N3OCC[C@@H]3c3ccc(C)nc3)ncn2)c(OC)cc1N1CCC(N2CCN(C(C)C)CC2)CC1. The molecule has 0 radical (unpaired) electrons. The van der Waals surface area contributed by atoms with E-state index in [1.54, 1.807) is 7.11 Å². The number of carbonyl (C=O) groups excluding carboxylic acids is 1. The number of aromatic nitrogens is 3. The molecule has 1 aromatic carbocycles. The molecule has 250 valence electrons. The van der Waals surface area contributed by atoms with Gasteiger partial charge in [-0.05, 0) is 57.4 Å². The summed E-state index contributed by atoms with van der Waals surface area (Å²) in [4.78, 5) is 39.6. The molecule has 3 aliphatic rings. The second kappa shape index (κ2) is 14.7. The normalized spacial score (nSPS) is 19.6. The molecular weight excluding hydrogens is 594 g/mol. The third kappa shape index (κ3) is 7.50. The molecule has 2 aromatic heterocycles. The van der Waals surface area contributed by atoms with Crippen molar-refractivity contribution in [3.8, 4) is 5.75 Å². The minimum absolute atomic E-state index is 0.00539. The zero-order chi connectivity index (χ0) is 32.9. The Balaban J connectivity index is 1.19. The van der Waals surface area contributed by atoms with Crippen LogP contribution in [0.3, 0.4) is 0 Å². The molecule has 0 bridgehead atoms. The number of methoxy groups -OCH3 is 1. The number of ether oxygens (including phenoxy) is 1. The summed E-state index contributed by atoms with van der Waals surface area (Å²) in [6.07, 6.45) is 7.66. The Morgan fingerprint density at radius 1 is 1.02 bits per heavy atom. The zero-order valence-electron chi connectivity index (χ0n) is 28.0. The smallest absolute Gasteiger partial charge is 0.247 e. The maximum Gasteiger partial charge on any atom is 0.247 e. The van der Waals surface area contributed by atoms with E-state index in [0.717, 1.165) is 75.5 Å². The molecule has 3 aliphatic heterocycles. The molecule has 3 aromatic rings. The lowest BCUT2D eigenvalue weighted by Gasteiger charge is -2.44. The molecule has 0 spiro atoms. The van der Waals surface area contributed by atoms with Gasteiger partial charge >= 0.3 is 0 Å². The Hall–Kier alpha value is -4.26. The number of aryl methyl sites for hydroxylation is 1. The van der Waals surface area contributed by atoms with Crippen LogP contribution in [0.5, 0.6) is 5.75 Å². The largest absolute Gasteiger partial charge is 0.494 e. The van der Waals surface area contributed by atoms with Crippen molar-refractivity contribution in [3.05, 3.63) is 66.8 Å². The van der Waals surface area contributed by atoms with Crippen molar-refractivity contribution >= 4 is 34.6 Å². The topological polar surface area (TPSA) is 111 Å². The van der Waals surface area contributed by atoms with E-state index >= 15 is 0 Å². The Bertz CT molecular complexity index is 1530. The lowest BCUT2D eigenvalue weighted by atomic mass is 10.0. The summed E-state index contributed by atoms with van der Waals surface area (Å²) in [5, 5.41) is 8.25. The lowest BCUT2D eigenvalue weighted by Crippen LogP contribution is -2.54. The zero-order valence-corrected chi connectivity index (χ0v) is 28.0. The number of hydrogen-bond donors (Lipinski definition) is 2. The number of piperazine rings is 1. The summed E-state index contributed by atoms with van der Waals surface area (Å²) >= 11 is 0. The van der Waals surface area contributed by atoms with Crippen LogP contribution >= 0.6 is 0 Å². The van der Waals surface area contributed by atoms with Gasteiger partial charge in [-0.25, -0.2) is 15.0 Å². The molecule has 3 fully saturated rings. The highest BCUT2D eigenvalue weighted by atomic mass is 16.7. The van der Waals surface area contributed by atoms with Gasteiger partial charge < -0.3 is 20.3 Å². The highest BCUT2D eigenvalue weighted by Crippen LogP contribution is 2.40. The van der Waals surface area contributed by atoms with Gasteiger partial charge in [0.15, 0.2) is 5.82 Å². The predicted molar refractivity (Wildman–Crippen MR) is 185 cm³/mol. The third-order valence-corrected chi connectivity index (χ3v) is 9.53. The van der Waals surface area contributed by atoms with Crippen LogP contribution in [-0.4, -0.2) is 95.7 Å². The second-order valence-corrected chi connectivity index (χ2v) is 12.7. The highest BCUT2D eigenvalue weighted by molar-refractivity contribution is 6.02. The minimum Gasteiger partial charge on any atom is -0.494 e. The molecule has 0 unspecified atom stereocenters. The highest BCUT2D eigenvalue weighted by Gasteiger charge is 2.31. The van der Waals surface area contributed by atoms with Crippen LogP contribution in [0, 0.1) is 6.92 Å². The number of amides is 1. The van der Waals surface area contributed by atoms with Gasteiger partial charge in [-0.15, -0.1) is 0 Å². The van der Waals surface area contributed by atoms with Gasteiger partial charge in [-0.1, -0.05) is 12.6 Å². The molecule has 3 saturated heterocycles. The van der Waals surface area contributed by atoms with Crippen LogP contribution in [0.2, 0.25) is 0 Å². The van der Waals surface area contributed by atoms with Gasteiger partial charge in [0.05, 0.1) is 36.8 Å².